The van der Waals surface area contributed by atoms with Crippen LogP contribution in [0.3, 0.4) is 0 Å². The van der Waals surface area contributed by atoms with Crippen molar-refractivity contribution in [3.05, 3.63) is 54.5 Å². The molecule has 1 saturated heterocycles. The Kier molecular flexibility index (Phi) is 5.62. The molecule has 2 aliphatic rings. The number of ether oxygens (including phenoxy) is 2. The first-order chi connectivity index (χ1) is 15.7. The highest BCUT2D eigenvalue weighted by molar-refractivity contribution is 5.57. The van der Waals surface area contributed by atoms with Gasteiger partial charge in [-0.05, 0) is 18.4 Å². The number of fused-ring (bicyclic) bond motifs is 1. The van der Waals surface area contributed by atoms with Gasteiger partial charge in [-0.25, -0.2) is 15.0 Å². The van der Waals surface area contributed by atoms with Crippen LogP contribution >= 0.6 is 0 Å². The maximum absolute atomic E-state index is 5.96. The van der Waals surface area contributed by atoms with Crippen molar-refractivity contribution in [2.45, 2.75) is 24.9 Å². The van der Waals surface area contributed by atoms with E-state index >= 15 is 0 Å². The number of rotatable bonds is 5. The van der Waals surface area contributed by atoms with E-state index in [2.05, 4.69) is 61.4 Å². The van der Waals surface area contributed by atoms with E-state index < -0.39 is 0 Å². The first-order valence-electron chi connectivity index (χ1n) is 10.9. The van der Waals surface area contributed by atoms with Crippen molar-refractivity contribution in [3.8, 4) is 11.6 Å². The SMILES string of the molecule is COc1cc(N2CCC(Nc3ncc4c(n3)N(C)C(c3ccccc3)CO4)CC2)ncn1. The Morgan fingerprint density at radius 2 is 1.91 bits per heavy atom. The zero-order chi connectivity index (χ0) is 21.9. The quantitative estimate of drug-likeness (QED) is 0.652. The summed E-state index contributed by atoms with van der Waals surface area (Å²) in [5.41, 5.74) is 1.21. The highest BCUT2D eigenvalue weighted by Gasteiger charge is 2.28. The lowest BCUT2D eigenvalue weighted by atomic mass is 10.1. The van der Waals surface area contributed by atoms with E-state index in [1.165, 1.54) is 5.56 Å². The molecule has 1 atom stereocenters. The third kappa shape index (κ3) is 4.10. The average molecular weight is 434 g/mol. The molecular formula is C23H27N7O2. The summed E-state index contributed by atoms with van der Waals surface area (Å²) < 4.78 is 11.2. The predicted octanol–water partition coefficient (Wildman–Crippen LogP) is 2.93. The lowest BCUT2D eigenvalue weighted by Gasteiger charge is -2.35. The number of methoxy groups -OCH3 is 1. The molecule has 1 N–H and O–H groups in total. The molecule has 2 aromatic heterocycles. The highest BCUT2D eigenvalue weighted by atomic mass is 16.5. The summed E-state index contributed by atoms with van der Waals surface area (Å²) in [6.07, 6.45) is 5.24. The van der Waals surface area contributed by atoms with Gasteiger partial charge in [-0.2, -0.15) is 4.98 Å². The van der Waals surface area contributed by atoms with Crippen molar-refractivity contribution in [3.63, 3.8) is 0 Å². The second-order valence-electron chi connectivity index (χ2n) is 8.05. The van der Waals surface area contributed by atoms with Gasteiger partial charge in [0.15, 0.2) is 11.6 Å². The molecule has 0 radical (unpaired) electrons. The van der Waals surface area contributed by atoms with E-state index in [9.17, 15) is 0 Å². The van der Waals surface area contributed by atoms with Gasteiger partial charge in [-0.3, -0.25) is 0 Å². The fraction of sp³-hybridized carbons (Fsp3) is 0.391. The first kappa shape index (κ1) is 20.3. The molecule has 0 bridgehead atoms. The molecule has 9 nitrogen and oxygen atoms in total. The number of nitrogens with one attached hydrogen (secondary N) is 1. The van der Waals surface area contributed by atoms with E-state index in [-0.39, 0.29) is 6.04 Å². The van der Waals surface area contributed by atoms with Crippen molar-refractivity contribution in [1.82, 2.24) is 19.9 Å². The number of benzene rings is 1. The fourth-order valence-electron chi connectivity index (χ4n) is 4.26. The number of hydrogen-bond acceptors (Lipinski definition) is 9. The topological polar surface area (TPSA) is 88.5 Å². The van der Waals surface area contributed by atoms with Crippen LogP contribution in [0.4, 0.5) is 17.6 Å². The zero-order valence-electron chi connectivity index (χ0n) is 18.3. The van der Waals surface area contributed by atoms with Gasteiger partial charge in [0, 0.05) is 32.2 Å². The number of anilines is 3. The number of nitrogens with zero attached hydrogens (tertiary/aromatic N) is 6. The van der Waals surface area contributed by atoms with Crippen molar-refractivity contribution < 1.29 is 9.47 Å². The lowest BCUT2D eigenvalue weighted by Crippen LogP contribution is -2.40. The molecule has 9 heteroatoms. The summed E-state index contributed by atoms with van der Waals surface area (Å²) in [5.74, 6) is 3.64. The predicted molar refractivity (Wildman–Crippen MR) is 123 cm³/mol. The largest absolute Gasteiger partial charge is 0.486 e. The van der Waals surface area contributed by atoms with Crippen LogP contribution < -0.4 is 24.6 Å². The molecule has 1 fully saturated rings. The molecular weight excluding hydrogens is 406 g/mol. The van der Waals surface area contributed by atoms with Crippen molar-refractivity contribution >= 4 is 17.6 Å². The highest BCUT2D eigenvalue weighted by Crippen LogP contribution is 2.37. The summed E-state index contributed by atoms with van der Waals surface area (Å²) in [7, 11) is 3.68. The standard InChI is InChI=1S/C23H27N7O2/c1-29-18(16-6-4-3-5-7-16)14-32-19-13-24-23(28-22(19)29)27-17-8-10-30(11-9-17)20-12-21(31-2)26-15-25-20/h3-7,12-13,15,17-18H,8-11,14H2,1-2H3,(H,24,27,28). The molecule has 166 valence electrons. The molecule has 0 saturated carbocycles. The van der Waals surface area contributed by atoms with Crippen LogP contribution in [-0.2, 0) is 0 Å². The van der Waals surface area contributed by atoms with Crippen LogP contribution in [0.15, 0.2) is 48.9 Å². The zero-order valence-corrected chi connectivity index (χ0v) is 18.3. The molecule has 2 aliphatic heterocycles. The summed E-state index contributed by atoms with van der Waals surface area (Å²) in [4.78, 5) is 22.2. The van der Waals surface area contributed by atoms with Crippen molar-refractivity contribution in [2.75, 3.05) is 49.0 Å². The Morgan fingerprint density at radius 1 is 1.09 bits per heavy atom. The Morgan fingerprint density at radius 3 is 2.69 bits per heavy atom. The minimum absolute atomic E-state index is 0.125. The Labute approximate surface area is 187 Å². The van der Waals surface area contributed by atoms with Crippen LogP contribution in [0.1, 0.15) is 24.4 Å². The summed E-state index contributed by atoms with van der Waals surface area (Å²) in [6, 6.07) is 12.7. The van der Waals surface area contributed by atoms with Crippen LogP contribution in [0.25, 0.3) is 0 Å². The summed E-state index contributed by atoms with van der Waals surface area (Å²) >= 11 is 0. The van der Waals surface area contributed by atoms with Crippen molar-refractivity contribution in [1.29, 1.82) is 0 Å². The van der Waals surface area contributed by atoms with E-state index in [1.807, 2.05) is 12.1 Å². The van der Waals surface area contributed by atoms with Gasteiger partial charge in [-0.1, -0.05) is 30.3 Å². The van der Waals surface area contributed by atoms with Crippen LogP contribution in [-0.4, -0.2) is 59.8 Å². The van der Waals surface area contributed by atoms with Crippen molar-refractivity contribution in [2.24, 2.45) is 0 Å². The molecule has 1 aromatic carbocycles. The van der Waals surface area contributed by atoms with Crippen LogP contribution in [0.5, 0.6) is 11.6 Å². The van der Waals surface area contributed by atoms with Gasteiger partial charge in [0.05, 0.1) is 19.3 Å². The average Bonchev–Trinajstić information content (AvgIpc) is 2.86. The molecule has 32 heavy (non-hydrogen) atoms. The van der Waals surface area contributed by atoms with E-state index in [4.69, 9.17) is 14.5 Å². The maximum atomic E-state index is 5.96. The molecule has 0 amide bonds. The van der Waals surface area contributed by atoms with Gasteiger partial charge < -0.3 is 24.6 Å². The monoisotopic (exact) mass is 433 g/mol. The van der Waals surface area contributed by atoms with Gasteiger partial charge in [0.25, 0.3) is 0 Å². The Bertz CT molecular complexity index is 1060. The second-order valence-corrected chi connectivity index (χ2v) is 8.05. The summed E-state index contributed by atoms with van der Waals surface area (Å²) in [5, 5.41) is 3.51. The molecule has 4 heterocycles. The normalized spacial score (nSPS) is 18.6. The Balaban J connectivity index is 1.24. The second kappa shape index (κ2) is 8.86. The van der Waals surface area contributed by atoms with Gasteiger partial charge in [0.1, 0.15) is 18.8 Å². The van der Waals surface area contributed by atoms with Gasteiger partial charge in [-0.15, -0.1) is 0 Å². The first-order valence-corrected chi connectivity index (χ1v) is 10.9. The smallest absolute Gasteiger partial charge is 0.225 e. The molecule has 0 spiro atoms. The minimum Gasteiger partial charge on any atom is -0.486 e. The molecule has 5 rings (SSSR count). The van der Waals surface area contributed by atoms with Crippen LogP contribution in [0, 0.1) is 0 Å². The fourth-order valence-corrected chi connectivity index (χ4v) is 4.26. The maximum Gasteiger partial charge on any atom is 0.225 e. The lowest BCUT2D eigenvalue weighted by molar-refractivity contribution is 0.265. The van der Waals surface area contributed by atoms with E-state index in [1.54, 1.807) is 19.6 Å². The number of hydrogen-bond donors (Lipinski definition) is 1. The number of aromatic nitrogens is 4. The van der Waals surface area contributed by atoms with E-state index in [0.29, 0.717) is 24.5 Å². The number of piperidine rings is 1. The number of likely N-dealkylation sites (N-methyl/N-ethyl adjacent to an activating group) is 1. The molecule has 1 unspecified atom stereocenters. The minimum atomic E-state index is 0.125. The molecule has 0 aliphatic carbocycles. The third-order valence-corrected chi connectivity index (χ3v) is 6.11. The van der Waals surface area contributed by atoms with Crippen LogP contribution in [0.2, 0.25) is 0 Å². The van der Waals surface area contributed by atoms with Gasteiger partial charge >= 0.3 is 0 Å². The molecule has 3 aromatic rings. The Hall–Kier alpha value is -3.62. The third-order valence-electron chi connectivity index (χ3n) is 6.11. The van der Waals surface area contributed by atoms with Gasteiger partial charge in [0.2, 0.25) is 11.8 Å². The van der Waals surface area contributed by atoms with E-state index in [0.717, 1.165) is 43.3 Å². The summed E-state index contributed by atoms with van der Waals surface area (Å²) in [6.45, 7) is 2.36.